The lowest BCUT2D eigenvalue weighted by molar-refractivity contribution is -0.134. The monoisotopic (exact) mass is 385 g/mol. The maximum atomic E-state index is 13.3. The first-order valence-electron chi connectivity index (χ1n) is 10.7. The van der Waals surface area contributed by atoms with Crippen LogP contribution >= 0.6 is 0 Å². The van der Waals surface area contributed by atoms with Crippen LogP contribution in [-0.2, 0) is 20.7 Å². The summed E-state index contributed by atoms with van der Waals surface area (Å²) < 4.78 is 5.50. The maximum absolute atomic E-state index is 13.3. The van der Waals surface area contributed by atoms with Crippen LogP contribution in [0, 0.1) is 0 Å². The van der Waals surface area contributed by atoms with E-state index in [1.165, 1.54) is 6.42 Å². The number of hydrogen-bond donors (Lipinski definition) is 2. The Labute approximate surface area is 167 Å². The molecule has 0 spiro atoms. The number of carbonyl (C=O) groups excluding carboxylic acids is 2. The quantitative estimate of drug-likeness (QED) is 0.789. The van der Waals surface area contributed by atoms with Crippen molar-refractivity contribution in [2.24, 2.45) is 0 Å². The fourth-order valence-corrected chi connectivity index (χ4v) is 4.46. The second-order valence-electron chi connectivity index (χ2n) is 8.36. The first-order valence-corrected chi connectivity index (χ1v) is 10.7. The minimum Gasteiger partial charge on any atom is -0.379 e. The molecule has 3 fully saturated rings. The zero-order valence-electron chi connectivity index (χ0n) is 16.5. The second kappa shape index (κ2) is 8.62. The Morgan fingerprint density at radius 1 is 1.04 bits per heavy atom. The number of nitrogens with zero attached hydrogens (tertiary/aromatic N) is 1. The zero-order chi connectivity index (χ0) is 19.4. The first kappa shape index (κ1) is 19.4. The average molecular weight is 386 g/mol. The van der Waals surface area contributed by atoms with Crippen LogP contribution in [0.1, 0.15) is 50.5 Å². The predicted octanol–water partition coefficient (Wildman–Crippen LogP) is 2.48. The van der Waals surface area contributed by atoms with Gasteiger partial charge in [0.2, 0.25) is 11.8 Å². The summed E-state index contributed by atoms with van der Waals surface area (Å²) in [5.41, 5.74) is 1.36. The van der Waals surface area contributed by atoms with Crippen molar-refractivity contribution < 1.29 is 14.3 Å². The van der Waals surface area contributed by atoms with Crippen molar-refractivity contribution in [1.29, 1.82) is 0 Å². The van der Waals surface area contributed by atoms with Crippen molar-refractivity contribution in [3.05, 3.63) is 29.8 Å². The highest BCUT2D eigenvalue weighted by molar-refractivity contribution is 5.98. The predicted molar refractivity (Wildman–Crippen MR) is 108 cm³/mol. The molecule has 4 rings (SSSR count). The summed E-state index contributed by atoms with van der Waals surface area (Å²) in [6, 6.07) is 8.08. The molecule has 2 N–H and O–H groups in total. The molecular weight excluding hydrogens is 354 g/mol. The molecule has 1 heterocycles. The van der Waals surface area contributed by atoms with Gasteiger partial charge in [-0.25, -0.2) is 0 Å². The van der Waals surface area contributed by atoms with Crippen LogP contribution < -0.4 is 10.6 Å². The Morgan fingerprint density at radius 3 is 2.36 bits per heavy atom. The topological polar surface area (TPSA) is 70.7 Å². The fourth-order valence-electron chi connectivity index (χ4n) is 4.46. The molecule has 152 valence electrons. The lowest BCUT2D eigenvalue weighted by Crippen LogP contribution is -2.60. The second-order valence-corrected chi connectivity index (χ2v) is 8.36. The zero-order valence-corrected chi connectivity index (χ0v) is 16.5. The highest BCUT2D eigenvalue weighted by Crippen LogP contribution is 2.35. The van der Waals surface area contributed by atoms with Crippen LogP contribution in [-0.4, -0.2) is 54.6 Å². The molecule has 1 aromatic carbocycles. The van der Waals surface area contributed by atoms with Gasteiger partial charge in [-0.2, -0.15) is 0 Å². The van der Waals surface area contributed by atoms with E-state index in [1.54, 1.807) is 0 Å². The molecule has 6 nitrogen and oxygen atoms in total. The minimum atomic E-state index is -0.412. The van der Waals surface area contributed by atoms with Crippen molar-refractivity contribution in [2.75, 3.05) is 31.6 Å². The minimum absolute atomic E-state index is 0.0766. The summed E-state index contributed by atoms with van der Waals surface area (Å²) >= 11 is 0. The van der Waals surface area contributed by atoms with Gasteiger partial charge in [0.05, 0.1) is 19.6 Å². The normalized spacial score (nSPS) is 22.4. The van der Waals surface area contributed by atoms with E-state index in [9.17, 15) is 9.59 Å². The molecule has 0 radical (unpaired) electrons. The van der Waals surface area contributed by atoms with E-state index in [-0.39, 0.29) is 11.8 Å². The molecule has 6 heteroatoms. The number of morpholine rings is 1. The Balaban J connectivity index is 1.39. The molecule has 28 heavy (non-hydrogen) atoms. The van der Waals surface area contributed by atoms with Crippen LogP contribution in [0.4, 0.5) is 5.69 Å². The molecule has 1 aromatic rings. The van der Waals surface area contributed by atoms with Gasteiger partial charge in [0.15, 0.2) is 0 Å². The van der Waals surface area contributed by atoms with Gasteiger partial charge in [0.1, 0.15) is 5.54 Å². The highest BCUT2D eigenvalue weighted by Gasteiger charge is 2.45. The van der Waals surface area contributed by atoms with E-state index in [1.807, 2.05) is 24.3 Å². The number of ether oxygens (including phenoxy) is 1. The Hall–Kier alpha value is -1.92. The number of benzene rings is 1. The van der Waals surface area contributed by atoms with Crippen molar-refractivity contribution >= 4 is 17.5 Å². The maximum Gasteiger partial charge on any atom is 0.244 e. The number of nitrogens with one attached hydrogen (secondary N) is 2. The van der Waals surface area contributed by atoms with Gasteiger partial charge in [0, 0.05) is 24.8 Å². The third kappa shape index (κ3) is 4.55. The summed E-state index contributed by atoms with van der Waals surface area (Å²) in [4.78, 5) is 27.6. The third-order valence-corrected chi connectivity index (χ3v) is 6.24. The number of amides is 2. The Kier molecular flexibility index (Phi) is 5.97. The van der Waals surface area contributed by atoms with Crippen LogP contribution in [0.25, 0.3) is 0 Å². The average Bonchev–Trinajstić information content (AvgIpc) is 3.54. The number of carbonyl (C=O) groups is 2. The molecule has 1 saturated heterocycles. The van der Waals surface area contributed by atoms with Gasteiger partial charge in [-0.3, -0.25) is 14.5 Å². The molecule has 0 aromatic heterocycles. The molecule has 1 aliphatic heterocycles. The van der Waals surface area contributed by atoms with Gasteiger partial charge in [-0.15, -0.1) is 0 Å². The molecule has 0 atom stereocenters. The largest absolute Gasteiger partial charge is 0.379 e. The molecule has 3 aliphatic rings. The van der Waals surface area contributed by atoms with Crippen molar-refractivity contribution in [2.45, 2.75) is 62.9 Å². The number of rotatable bonds is 6. The van der Waals surface area contributed by atoms with E-state index >= 15 is 0 Å². The standard InChI is InChI=1S/C22H31N3O3/c26-20(23-18-8-9-18)16-17-4-6-19(7-5-17)24-21(27)22(10-2-1-3-11-22)25-12-14-28-15-13-25/h4-7,18H,1-3,8-16H2,(H,23,26)(H,24,27). The van der Waals surface area contributed by atoms with Crippen molar-refractivity contribution in [1.82, 2.24) is 10.2 Å². The van der Waals surface area contributed by atoms with Crippen LogP contribution in [0.3, 0.4) is 0 Å². The van der Waals surface area contributed by atoms with E-state index < -0.39 is 5.54 Å². The highest BCUT2D eigenvalue weighted by atomic mass is 16.5. The summed E-state index contributed by atoms with van der Waals surface area (Å²) in [6.45, 7) is 3.05. The summed E-state index contributed by atoms with van der Waals surface area (Å²) in [5, 5.41) is 6.16. The molecule has 2 amide bonds. The Morgan fingerprint density at radius 2 is 1.71 bits per heavy atom. The third-order valence-electron chi connectivity index (χ3n) is 6.24. The molecule has 2 aliphatic carbocycles. The van der Waals surface area contributed by atoms with Gasteiger partial charge in [-0.1, -0.05) is 31.4 Å². The van der Waals surface area contributed by atoms with Crippen molar-refractivity contribution in [3.63, 3.8) is 0 Å². The van der Waals surface area contributed by atoms with Gasteiger partial charge < -0.3 is 15.4 Å². The van der Waals surface area contributed by atoms with Crippen LogP contribution in [0.2, 0.25) is 0 Å². The first-order chi connectivity index (χ1) is 13.7. The Bertz CT molecular complexity index is 687. The van der Waals surface area contributed by atoms with Gasteiger partial charge in [-0.05, 0) is 43.4 Å². The van der Waals surface area contributed by atoms with Crippen LogP contribution in [0.15, 0.2) is 24.3 Å². The summed E-state index contributed by atoms with van der Waals surface area (Å²) in [6.07, 6.45) is 7.82. The summed E-state index contributed by atoms with van der Waals surface area (Å²) in [5.74, 6) is 0.182. The lowest BCUT2D eigenvalue weighted by atomic mass is 9.79. The van der Waals surface area contributed by atoms with E-state index in [0.717, 1.165) is 62.9 Å². The van der Waals surface area contributed by atoms with Gasteiger partial charge in [0.25, 0.3) is 0 Å². The number of anilines is 1. The van der Waals surface area contributed by atoms with Crippen LogP contribution in [0.5, 0.6) is 0 Å². The smallest absolute Gasteiger partial charge is 0.244 e. The molecule has 0 unspecified atom stereocenters. The number of hydrogen-bond acceptors (Lipinski definition) is 4. The molecular formula is C22H31N3O3. The SMILES string of the molecule is O=C(Cc1ccc(NC(=O)C2(N3CCOCC3)CCCCC2)cc1)NC1CC1. The van der Waals surface area contributed by atoms with E-state index in [4.69, 9.17) is 4.74 Å². The fraction of sp³-hybridized carbons (Fsp3) is 0.636. The van der Waals surface area contributed by atoms with Crippen molar-refractivity contribution in [3.8, 4) is 0 Å². The molecule has 0 bridgehead atoms. The summed E-state index contributed by atoms with van der Waals surface area (Å²) in [7, 11) is 0. The van der Waals surface area contributed by atoms with E-state index in [0.29, 0.717) is 25.7 Å². The van der Waals surface area contributed by atoms with E-state index in [2.05, 4.69) is 15.5 Å². The molecule has 2 saturated carbocycles. The van der Waals surface area contributed by atoms with Gasteiger partial charge >= 0.3 is 0 Å². The lowest BCUT2D eigenvalue weighted by Gasteiger charge is -2.46.